The highest BCUT2D eigenvalue weighted by molar-refractivity contribution is 5.93. The maximum Gasteiger partial charge on any atom is 0.273 e. The Morgan fingerprint density at radius 2 is 2.03 bits per heavy atom. The average Bonchev–Trinajstić information content (AvgIpc) is 3.21. The molecule has 0 radical (unpaired) electrons. The Balaban J connectivity index is 1.29. The Labute approximate surface area is 171 Å². The van der Waals surface area contributed by atoms with Crippen molar-refractivity contribution in [3.8, 4) is 5.75 Å². The van der Waals surface area contributed by atoms with E-state index >= 15 is 0 Å². The Morgan fingerprint density at radius 1 is 1.24 bits per heavy atom. The molecule has 0 spiro atoms. The molecule has 8 nitrogen and oxygen atoms in total. The molecule has 4 rings (SSSR count). The Morgan fingerprint density at radius 3 is 2.79 bits per heavy atom. The molecule has 29 heavy (non-hydrogen) atoms. The lowest BCUT2D eigenvalue weighted by molar-refractivity contribution is -0.00179. The van der Waals surface area contributed by atoms with Crippen molar-refractivity contribution in [2.75, 3.05) is 33.3 Å². The summed E-state index contributed by atoms with van der Waals surface area (Å²) in [5, 5.41) is 11.3. The number of hydrogen-bond donors (Lipinski definition) is 1. The topological polar surface area (TPSA) is 81.5 Å². The molecule has 0 unspecified atom stereocenters. The van der Waals surface area contributed by atoms with Gasteiger partial charge in [-0.15, -0.1) is 5.10 Å². The van der Waals surface area contributed by atoms with E-state index in [-0.39, 0.29) is 12.0 Å². The minimum Gasteiger partial charge on any atom is -0.497 e. The first-order valence-corrected chi connectivity index (χ1v) is 10.4. The van der Waals surface area contributed by atoms with Gasteiger partial charge in [-0.2, -0.15) is 0 Å². The lowest BCUT2D eigenvalue weighted by Crippen LogP contribution is -2.33. The number of ether oxygens (including phenoxy) is 2. The van der Waals surface area contributed by atoms with E-state index in [0.29, 0.717) is 25.4 Å². The molecule has 156 valence electrons. The summed E-state index contributed by atoms with van der Waals surface area (Å²) in [4.78, 5) is 15.0. The maximum atomic E-state index is 12.5. The van der Waals surface area contributed by atoms with Crippen LogP contribution in [0.3, 0.4) is 0 Å². The van der Waals surface area contributed by atoms with Crippen molar-refractivity contribution in [1.29, 1.82) is 0 Å². The second-order valence-electron chi connectivity index (χ2n) is 7.65. The standard InChI is InChI=1S/C21H29N5O3/c1-28-17-8-6-16(7-9-17)19-14-26-18(15-29-19)20(23-24-26)21(27)22-10-5-13-25-11-3-2-4-12-25/h6-9,19H,2-5,10-15H2,1H3,(H,22,27)/t19-/m0/s1. The minimum atomic E-state index is -0.170. The van der Waals surface area contributed by atoms with E-state index in [2.05, 4.69) is 20.5 Å². The fourth-order valence-corrected chi connectivity index (χ4v) is 3.98. The van der Waals surface area contributed by atoms with E-state index in [1.165, 1.54) is 32.4 Å². The fraction of sp³-hybridized carbons (Fsp3) is 0.571. The third-order valence-electron chi connectivity index (χ3n) is 5.69. The SMILES string of the molecule is COc1ccc([C@@H]2Cn3nnc(C(=O)NCCCN4CCCCC4)c3CO2)cc1. The Kier molecular flexibility index (Phi) is 6.41. The number of fused-ring (bicyclic) bond motifs is 1. The van der Waals surface area contributed by atoms with Gasteiger partial charge in [0.2, 0.25) is 0 Å². The number of benzene rings is 1. The molecule has 8 heteroatoms. The molecule has 2 aromatic rings. The van der Waals surface area contributed by atoms with Crippen molar-refractivity contribution in [2.45, 2.75) is 44.9 Å². The summed E-state index contributed by atoms with van der Waals surface area (Å²) in [5.41, 5.74) is 2.16. The van der Waals surface area contributed by atoms with Crippen LogP contribution in [0.15, 0.2) is 24.3 Å². The van der Waals surface area contributed by atoms with E-state index < -0.39 is 0 Å². The molecule has 2 aliphatic rings. The second-order valence-corrected chi connectivity index (χ2v) is 7.65. The zero-order valence-electron chi connectivity index (χ0n) is 17.0. The van der Waals surface area contributed by atoms with E-state index in [1.54, 1.807) is 11.8 Å². The quantitative estimate of drug-likeness (QED) is 0.719. The number of amides is 1. The fourth-order valence-electron chi connectivity index (χ4n) is 3.98. The molecule has 1 N–H and O–H groups in total. The number of likely N-dealkylation sites (tertiary alicyclic amines) is 1. The molecule has 1 fully saturated rings. The number of carbonyl (C=O) groups excluding carboxylic acids is 1. The first kappa shape index (κ1) is 19.8. The second kappa shape index (κ2) is 9.37. The number of nitrogens with zero attached hydrogens (tertiary/aromatic N) is 4. The minimum absolute atomic E-state index is 0.115. The molecule has 1 amide bonds. The zero-order valence-corrected chi connectivity index (χ0v) is 17.0. The van der Waals surface area contributed by atoms with Gasteiger partial charge in [0.15, 0.2) is 5.69 Å². The first-order valence-electron chi connectivity index (χ1n) is 10.4. The van der Waals surface area contributed by atoms with Gasteiger partial charge in [-0.3, -0.25) is 4.79 Å². The van der Waals surface area contributed by atoms with Crippen LogP contribution in [-0.2, 0) is 17.9 Å². The third-order valence-corrected chi connectivity index (χ3v) is 5.69. The highest BCUT2D eigenvalue weighted by Gasteiger charge is 2.27. The molecule has 3 heterocycles. The number of aromatic nitrogens is 3. The van der Waals surface area contributed by atoms with Crippen molar-refractivity contribution >= 4 is 5.91 Å². The van der Waals surface area contributed by atoms with Gasteiger partial charge in [-0.25, -0.2) is 4.68 Å². The summed E-state index contributed by atoms with van der Waals surface area (Å²) >= 11 is 0. The lowest BCUT2D eigenvalue weighted by Gasteiger charge is -2.26. The van der Waals surface area contributed by atoms with Crippen molar-refractivity contribution in [1.82, 2.24) is 25.2 Å². The van der Waals surface area contributed by atoms with Gasteiger partial charge >= 0.3 is 0 Å². The highest BCUT2D eigenvalue weighted by Crippen LogP contribution is 2.28. The van der Waals surface area contributed by atoms with Gasteiger partial charge in [-0.1, -0.05) is 23.8 Å². The van der Waals surface area contributed by atoms with E-state index in [1.807, 2.05) is 24.3 Å². The largest absolute Gasteiger partial charge is 0.497 e. The van der Waals surface area contributed by atoms with Crippen molar-refractivity contribution in [3.63, 3.8) is 0 Å². The van der Waals surface area contributed by atoms with Crippen LogP contribution in [0, 0.1) is 0 Å². The molecule has 2 aliphatic heterocycles. The van der Waals surface area contributed by atoms with Crippen molar-refractivity contribution in [3.05, 3.63) is 41.2 Å². The summed E-state index contributed by atoms with van der Waals surface area (Å²) < 4.78 is 13.0. The molecular weight excluding hydrogens is 370 g/mol. The summed E-state index contributed by atoms with van der Waals surface area (Å²) in [6.45, 7) is 4.90. The predicted octanol–water partition coefficient (Wildman–Crippen LogP) is 2.16. The van der Waals surface area contributed by atoms with Crippen LogP contribution >= 0.6 is 0 Å². The Hall–Kier alpha value is -2.45. The number of nitrogens with one attached hydrogen (secondary N) is 1. The van der Waals surface area contributed by atoms with Crippen LogP contribution in [0.4, 0.5) is 0 Å². The van der Waals surface area contributed by atoms with Gasteiger partial charge in [-0.05, 0) is 56.6 Å². The van der Waals surface area contributed by atoms with Crippen LogP contribution in [0.25, 0.3) is 0 Å². The number of rotatable bonds is 7. The van der Waals surface area contributed by atoms with Gasteiger partial charge < -0.3 is 19.7 Å². The van der Waals surface area contributed by atoms with Crippen LogP contribution in [0.1, 0.15) is 53.5 Å². The average molecular weight is 399 g/mol. The number of carbonyl (C=O) groups is 1. The summed E-state index contributed by atoms with van der Waals surface area (Å²) in [5.74, 6) is 0.640. The maximum absolute atomic E-state index is 12.5. The summed E-state index contributed by atoms with van der Waals surface area (Å²) in [7, 11) is 1.65. The van der Waals surface area contributed by atoms with Crippen LogP contribution in [-0.4, -0.2) is 59.1 Å². The first-order chi connectivity index (χ1) is 14.2. The van der Waals surface area contributed by atoms with Crippen LogP contribution in [0.5, 0.6) is 5.75 Å². The number of hydrogen-bond acceptors (Lipinski definition) is 6. The van der Waals surface area contributed by atoms with Gasteiger partial charge in [0.1, 0.15) is 11.9 Å². The molecule has 1 saturated heterocycles. The van der Waals surface area contributed by atoms with Crippen LogP contribution < -0.4 is 10.1 Å². The molecule has 1 aromatic heterocycles. The van der Waals surface area contributed by atoms with Gasteiger partial charge in [0.25, 0.3) is 5.91 Å². The summed E-state index contributed by atoms with van der Waals surface area (Å²) in [6, 6.07) is 7.80. The summed E-state index contributed by atoms with van der Waals surface area (Å²) in [6.07, 6.45) is 4.75. The normalized spacial score (nSPS) is 19.6. The molecule has 0 saturated carbocycles. The lowest BCUT2D eigenvalue weighted by atomic mass is 10.1. The monoisotopic (exact) mass is 399 g/mol. The molecule has 1 atom stereocenters. The molecule has 0 bridgehead atoms. The zero-order chi connectivity index (χ0) is 20.1. The van der Waals surface area contributed by atoms with Crippen LogP contribution in [0.2, 0.25) is 0 Å². The number of methoxy groups -OCH3 is 1. The van der Waals surface area contributed by atoms with Gasteiger partial charge in [0, 0.05) is 6.54 Å². The number of piperidine rings is 1. The Bertz CT molecular complexity index is 814. The molecule has 1 aromatic carbocycles. The third kappa shape index (κ3) is 4.76. The van der Waals surface area contributed by atoms with E-state index in [4.69, 9.17) is 9.47 Å². The van der Waals surface area contributed by atoms with Gasteiger partial charge in [0.05, 0.1) is 26.0 Å². The van der Waals surface area contributed by atoms with Crippen molar-refractivity contribution in [2.24, 2.45) is 0 Å². The molecular formula is C21H29N5O3. The van der Waals surface area contributed by atoms with Crippen molar-refractivity contribution < 1.29 is 14.3 Å². The smallest absolute Gasteiger partial charge is 0.273 e. The predicted molar refractivity (Wildman–Crippen MR) is 108 cm³/mol. The van der Waals surface area contributed by atoms with E-state index in [9.17, 15) is 4.79 Å². The highest BCUT2D eigenvalue weighted by atomic mass is 16.5. The van der Waals surface area contributed by atoms with E-state index in [0.717, 1.165) is 30.0 Å². The molecule has 0 aliphatic carbocycles.